The number of aryl methyl sites for hydroxylation is 1. The number of hydrazone groups is 1. The standard InChI is InChI=1S/C26H26N4OS/c1-17-24(25(31)27-2)32-26(28-17)30-23(19-12-7-4-8-13-19)21-15-9-14-20(22(21)29-30)16-18-10-5-3-6-11-18/h3-8,10-13,16,21,23H,9,14-15H2,1-2H3,(H,27,31)/b20-16-/t21-,23+/m1/s1. The average molecular weight is 443 g/mol. The van der Waals surface area contributed by atoms with Gasteiger partial charge in [0.25, 0.3) is 5.91 Å². The second-order valence-electron chi connectivity index (χ2n) is 8.25. The van der Waals surface area contributed by atoms with Gasteiger partial charge in [-0.1, -0.05) is 72.0 Å². The molecule has 1 aliphatic carbocycles. The van der Waals surface area contributed by atoms with Gasteiger partial charge in [-0.25, -0.2) is 9.99 Å². The van der Waals surface area contributed by atoms with E-state index in [-0.39, 0.29) is 11.9 Å². The molecule has 0 bridgehead atoms. The molecule has 6 heteroatoms. The molecule has 3 aromatic rings. The van der Waals surface area contributed by atoms with E-state index in [2.05, 4.69) is 64.9 Å². The van der Waals surface area contributed by atoms with Crippen LogP contribution in [0, 0.1) is 12.8 Å². The molecule has 2 aromatic carbocycles. The van der Waals surface area contributed by atoms with E-state index in [0.29, 0.717) is 10.8 Å². The molecule has 5 rings (SSSR count). The molecule has 1 N–H and O–H groups in total. The van der Waals surface area contributed by atoms with Crippen LogP contribution in [-0.2, 0) is 0 Å². The summed E-state index contributed by atoms with van der Waals surface area (Å²) < 4.78 is 0. The number of benzene rings is 2. The van der Waals surface area contributed by atoms with Crippen molar-refractivity contribution >= 4 is 34.2 Å². The fraction of sp³-hybridized carbons (Fsp3) is 0.269. The van der Waals surface area contributed by atoms with Gasteiger partial charge in [-0.15, -0.1) is 0 Å². The number of carbonyl (C=O) groups excluding carboxylic acids is 1. The highest BCUT2D eigenvalue weighted by Crippen LogP contribution is 2.47. The summed E-state index contributed by atoms with van der Waals surface area (Å²) in [7, 11) is 1.65. The van der Waals surface area contributed by atoms with Crippen molar-refractivity contribution in [2.45, 2.75) is 32.2 Å². The molecular formula is C26H26N4OS. The van der Waals surface area contributed by atoms with Crippen LogP contribution in [0.1, 0.15) is 51.8 Å². The Morgan fingerprint density at radius 1 is 1.12 bits per heavy atom. The molecule has 0 saturated heterocycles. The molecular weight excluding hydrogens is 416 g/mol. The van der Waals surface area contributed by atoms with Crippen molar-refractivity contribution in [3.63, 3.8) is 0 Å². The molecule has 1 fully saturated rings. The maximum atomic E-state index is 12.3. The van der Waals surface area contributed by atoms with Crippen LogP contribution in [0.2, 0.25) is 0 Å². The largest absolute Gasteiger partial charge is 0.354 e. The summed E-state index contributed by atoms with van der Waals surface area (Å²) in [6.07, 6.45) is 5.53. The van der Waals surface area contributed by atoms with Crippen molar-refractivity contribution in [1.82, 2.24) is 10.3 Å². The van der Waals surface area contributed by atoms with Crippen LogP contribution in [0.25, 0.3) is 6.08 Å². The Balaban J connectivity index is 1.60. The number of rotatable bonds is 4. The first-order valence-electron chi connectivity index (χ1n) is 11.0. The van der Waals surface area contributed by atoms with Crippen LogP contribution in [0.3, 0.4) is 0 Å². The Morgan fingerprint density at radius 3 is 2.56 bits per heavy atom. The lowest BCUT2D eigenvalue weighted by atomic mass is 9.77. The van der Waals surface area contributed by atoms with Crippen molar-refractivity contribution in [3.8, 4) is 0 Å². The normalized spacial score (nSPS) is 21.4. The average Bonchev–Trinajstić information content (AvgIpc) is 3.41. The Labute approximate surface area is 192 Å². The highest BCUT2D eigenvalue weighted by molar-refractivity contribution is 7.17. The molecule has 1 aromatic heterocycles. The Kier molecular flexibility index (Phi) is 5.62. The molecule has 0 unspecified atom stereocenters. The number of nitrogens with zero attached hydrogens (tertiary/aromatic N) is 3. The van der Waals surface area contributed by atoms with Crippen LogP contribution in [0.15, 0.2) is 71.3 Å². The second kappa shape index (κ2) is 8.71. The molecule has 0 spiro atoms. The lowest BCUT2D eigenvalue weighted by Crippen LogP contribution is -2.28. The Hall–Kier alpha value is -3.25. The van der Waals surface area contributed by atoms with Crippen molar-refractivity contribution < 1.29 is 4.79 Å². The van der Waals surface area contributed by atoms with E-state index in [4.69, 9.17) is 10.1 Å². The number of aromatic nitrogens is 1. The van der Waals surface area contributed by atoms with Gasteiger partial charge in [-0.2, -0.15) is 5.10 Å². The minimum Gasteiger partial charge on any atom is -0.354 e. The number of carbonyl (C=O) groups is 1. The van der Waals surface area contributed by atoms with E-state index in [9.17, 15) is 4.79 Å². The summed E-state index contributed by atoms with van der Waals surface area (Å²) in [5.74, 6) is 0.199. The van der Waals surface area contributed by atoms with E-state index >= 15 is 0 Å². The van der Waals surface area contributed by atoms with E-state index in [1.807, 2.05) is 19.1 Å². The number of fused-ring (bicyclic) bond motifs is 1. The van der Waals surface area contributed by atoms with E-state index in [1.165, 1.54) is 28.0 Å². The quantitative estimate of drug-likeness (QED) is 0.571. The number of hydrogen-bond acceptors (Lipinski definition) is 5. The summed E-state index contributed by atoms with van der Waals surface area (Å²) in [4.78, 5) is 17.7. The summed E-state index contributed by atoms with van der Waals surface area (Å²) in [6.45, 7) is 1.89. The van der Waals surface area contributed by atoms with Crippen LogP contribution >= 0.6 is 11.3 Å². The second-order valence-corrected chi connectivity index (χ2v) is 9.23. The van der Waals surface area contributed by atoms with E-state index < -0.39 is 0 Å². The maximum Gasteiger partial charge on any atom is 0.263 e. The van der Waals surface area contributed by atoms with Gasteiger partial charge in [0.2, 0.25) is 5.13 Å². The molecule has 1 saturated carbocycles. The van der Waals surface area contributed by atoms with E-state index in [1.54, 1.807) is 7.05 Å². The zero-order valence-corrected chi connectivity index (χ0v) is 19.1. The third kappa shape index (κ3) is 3.75. The number of nitrogens with one attached hydrogen (secondary N) is 1. The predicted octanol–water partition coefficient (Wildman–Crippen LogP) is 5.61. The number of anilines is 1. The number of thiazole rings is 1. The highest BCUT2D eigenvalue weighted by atomic mass is 32.1. The van der Waals surface area contributed by atoms with Crippen LogP contribution in [0.4, 0.5) is 5.13 Å². The lowest BCUT2D eigenvalue weighted by Gasteiger charge is -2.29. The monoisotopic (exact) mass is 442 g/mol. The smallest absolute Gasteiger partial charge is 0.263 e. The zero-order valence-electron chi connectivity index (χ0n) is 18.3. The van der Waals surface area contributed by atoms with Gasteiger partial charge < -0.3 is 5.32 Å². The van der Waals surface area contributed by atoms with Gasteiger partial charge in [0, 0.05) is 13.0 Å². The third-order valence-electron chi connectivity index (χ3n) is 6.20. The lowest BCUT2D eigenvalue weighted by molar-refractivity contribution is 0.0966. The maximum absolute atomic E-state index is 12.3. The number of amides is 1. The molecule has 1 amide bonds. The van der Waals surface area contributed by atoms with Crippen LogP contribution < -0.4 is 10.3 Å². The summed E-state index contributed by atoms with van der Waals surface area (Å²) in [5, 5.41) is 10.7. The first-order chi connectivity index (χ1) is 15.7. The minimum atomic E-state index is -0.101. The molecule has 2 aliphatic rings. The zero-order chi connectivity index (χ0) is 22.1. The first-order valence-corrected chi connectivity index (χ1v) is 11.9. The van der Waals surface area contributed by atoms with Gasteiger partial charge in [0.05, 0.1) is 17.4 Å². The SMILES string of the molecule is CNC(=O)c1sc(N2N=C3/C(=C\c4ccccc4)CCC[C@H]3[C@@H]2c2ccccc2)nc1C. The topological polar surface area (TPSA) is 57.6 Å². The first kappa shape index (κ1) is 20.6. The van der Waals surface area contributed by atoms with Gasteiger partial charge >= 0.3 is 0 Å². The highest BCUT2D eigenvalue weighted by Gasteiger charge is 2.43. The Morgan fingerprint density at radius 2 is 1.84 bits per heavy atom. The van der Waals surface area contributed by atoms with Gasteiger partial charge in [-0.05, 0) is 49.0 Å². The van der Waals surface area contributed by atoms with Gasteiger partial charge in [0.1, 0.15) is 4.88 Å². The summed E-state index contributed by atoms with van der Waals surface area (Å²) in [5.41, 5.74) is 5.63. The summed E-state index contributed by atoms with van der Waals surface area (Å²) >= 11 is 1.41. The fourth-order valence-corrected chi connectivity index (χ4v) is 5.70. The number of allylic oxidation sites excluding steroid dienone is 1. The molecule has 1 aliphatic heterocycles. The van der Waals surface area contributed by atoms with Crippen LogP contribution in [-0.4, -0.2) is 23.7 Å². The molecule has 5 nitrogen and oxygen atoms in total. The Bertz CT molecular complexity index is 1180. The fourth-order valence-electron chi connectivity index (χ4n) is 4.70. The minimum absolute atomic E-state index is 0.0776. The molecule has 2 heterocycles. The predicted molar refractivity (Wildman–Crippen MR) is 131 cm³/mol. The van der Waals surface area contributed by atoms with Crippen molar-refractivity contribution in [3.05, 3.63) is 87.9 Å². The third-order valence-corrected chi connectivity index (χ3v) is 7.34. The molecule has 0 radical (unpaired) electrons. The number of hydrogen-bond donors (Lipinski definition) is 1. The van der Waals surface area contributed by atoms with Crippen molar-refractivity contribution in [2.75, 3.05) is 12.1 Å². The van der Waals surface area contributed by atoms with Gasteiger partial charge in [-0.3, -0.25) is 4.79 Å². The van der Waals surface area contributed by atoms with Crippen molar-refractivity contribution in [1.29, 1.82) is 0 Å². The molecule has 2 atom stereocenters. The van der Waals surface area contributed by atoms with Crippen LogP contribution in [0.5, 0.6) is 0 Å². The summed E-state index contributed by atoms with van der Waals surface area (Å²) in [6, 6.07) is 21.1. The van der Waals surface area contributed by atoms with Crippen molar-refractivity contribution in [2.24, 2.45) is 11.0 Å². The molecule has 162 valence electrons. The molecule has 32 heavy (non-hydrogen) atoms. The van der Waals surface area contributed by atoms with Gasteiger partial charge in [0.15, 0.2) is 0 Å². The van der Waals surface area contributed by atoms with E-state index in [0.717, 1.165) is 35.8 Å².